The van der Waals surface area contributed by atoms with Crippen molar-refractivity contribution in [2.45, 2.75) is 13.2 Å². The molecule has 2 aromatic rings. The van der Waals surface area contributed by atoms with Gasteiger partial charge in [-0.05, 0) is 45.8 Å². The van der Waals surface area contributed by atoms with E-state index in [9.17, 15) is 0 Å². The van der Waals surface area contributed by atoms with E-state index in [1.807, 2.05) is 24.3 Å². The monoisotopic (exact) mass is 359 g/mol. The second kappa shape index (κ2) is 6.62. The van der Waals surface area contributed by atoms with E-state index in [0.717, 1.165) is 21.3 Å². The third-order valence-corrected chi connectivity index (χ3v) is 3.84. The molecule has 0 fully saturated rings. The van der Waals surface area contributed by atoms with E-state index in [2.05, 4.69) is 15.9 Å². The fraction of sp³-hybridized carbons (Fsp3) is 0.143. The molecule has 0 unspecified atom stereocenters. The lowest BCUT2D eigenvalue weighted by Crippen LogP contribution is -1.99. The van der Waals surface area contributed by atoms with Gasteiger partial charge in [-0.15, -0.1) is 0 Å². The summed E-state index contributed by atoms with van der Waals surface area (Å²) in [6, 6.07) is 11.1. The fourth-order valence-corrected chi connectivity index (χ4v) is 2.59. The maximum Gasteiger partial charge on any atom is 0.134 e. The predicted molar refractivity (Wildman–Crippen MR) is 82.8 cm³/mol. The average Bonchev–Trinajstić information content (AvgIpc) is 2.39. The molecule has 2 N–H and O–H groups in total. The summed E-state index contributed by atoms with van der Waals surface area (Å²) in [5.41, 5.74) is 7.51. The summed E-state index contributed by atoms with van der Waals surface area (Å²) >= 11 is 15.4. The van der Waals surface area contributed by atoms with Gasteiger partial charge in [-0.25, -0.2) is 0 Å². The third-order valence-electron chi connectivity index (χ3n) is 2.63. The molecule has 0 atom stereocenters. The molecular formula is C14H12BrCl2NO. The van der Waals surface area contributed by atoms with Crippen LogP contribution in [-0.4, -0.2) is 0 Å². The Balaban J connectivity index is 2.10. The topological polar surface area (TPSA) is 35.2 Å². The molecule has 0 heterocycles. The molecule has 19 heavy (non-hydrogen) atoms. The Labute approximate surface area is 130 Å². The highest BCUT2D eigenvalue weighted by molar-refractivity contribution is 9.10. The summed E-state index contributed by atoms with van der Waals surface area (Å²) < 4.78 is 6.60. The lowest BCUT2D eigenvalue weighted by molar-refractivity contribution is 0.304. The summed E-state index contributed by atoms with van der Waals surface area (Å²) in [6.45, 7) is 0.887. The van der Waals surface area contributed by atoms with Crippen LogP contribution in [0.25, 0.3) is 0 Å². The van der Waals surface area contributed by atoms with Crippen LogP contribution in [0.5, 0.6) is 5.75 Å². The largest absolute Gasteiger partial charge is 0.488 e. The second-order valence-electron chi connectivity index (χ2n) is 3.99. The van der Waals surface area contributed by atoms with Crippen LogP contribution in [0.3, 0.4) is 0 Å². The van der Waals surface area contributed by atoms with Crippen molar-refractivity contribution in [3.05, 3.63) is 62.0 Å². The van der Waals surface area contributed by atoms with Gasteiger partial charge in [-0.3, -0.25) is 0 Å². The maximum atomic E-state index is 6.09. The molecule has 2 aromatic carbocycles. The molecule has 0 saturated carbocycles. The third kappa shape index (κ3) is 3.86. The van der Waals surface area contributed by atoms with Crippen LogP contribution >= 0.6 is 39.1 Å². The highest BCUT2D eigenvalue weighted by Crippen LogP contribution is 2.28. The molecule has 0 radical (unpaired) electrons. The molecule has 2 nitrogen and oxygen atoms in total. The molecule has 0 saturated heterocycles. The van der Waals surface area contributed by atoms with Crippen molar-refractivity contribution in [1.82, 2.24) is 0 Å². The summed E-state index contributed by atoms with van der Waals surface area (Å²) in [7, 11) is 0. The van der Waals surface area contributed by atoms with Crippen LogP contribution < -0.4 is 10.5 Å². The molecule has 100 valence electrons. The SMILES string of the molecule is NCc1ccc(OCc2ccc(Cl)cc2Cl)c(Br)c1. The van der Waals surface area contributed by atoms with Crippen LogP contribution in [-0.2, 0) is 13.2 Å². The van der Waals surface area contributed by atoms with Crippen LogP contribution in [0, 0.1) is 0 Å². The van der Waals surface area contributed by atoms with Gasteiger partial charge >= 0.3 is 0 Å². The van der Waals surface area contributed by atoms with Crippen molar-refractivity contribution < 1.29 is 4.74 Å². The molecule has 0 aliphatic rings. The number of hydrogen-bond donors (Lipinski definition) is 1. The summed E-state index contributed by atoms with van der Waals surface area (Å²) in [5.74, 6) is 0.753. The second-order valence-corrected chi connectivity index (χ2v) is 5.69. The first-order valence-corrected chi connectivity index (χ1v) is 7.20. The van der Waals surface area contributed by atoms with Gasteiger partial charge in [0, 0.05) is 22.2 Å². The molecule has 2 rings (SSSR count). The van der Waals surface area contributed by atoms with Gasteiger partial charge in [0.2, 0.25) is 0 Å². The van der Waals surface area contributed by atoms with Crippen molar-refractivity contribution in [3.8, 4) is 5.75 Å². The quantitative estimate of drug-likeness (QED) is 0.850. The van der Waals surface area contributed by atoms with Crippen LogP contribution in [0.4, 0.5) is 0 Å². The number of ether oxygens (including phenoxy) is 1. The van der Waals surface area contributed by atoms with E-state index < -0.39 is 0 Å². The number of rotatable bonds is 4. The predicted octanol–water partition coefficient (Wildman–Crippen LogP) is 4.79. The van der Waals surface area contributed by atoms with E-state index in [4.69, 9.17) is 33.7 Å². The van der Waals surface area contributed by atoms with E-state index in [1.54, 1.807) is 12.1 Å². The molecule has 5 heteroatoms. The highest BCUT2D eigenvalue weighted by atomic mass is 79.9. The minimum atomic E-state index is 0.385. The van der Waals surface area contributed by atoms with E-state index in [-0.39, 0.29) is 0 Å². The van der Waals surface area contributed by atoms with Crippen molar-refractivity contribution in [3.63, 3.8) is 0 Å². The molecule has 0 aliphatic carbocycles. The Morgan fingerprint density at radius 1 is 1.11 bits per heavy atom. The minimum absolute atomic E-state index is 0.385. The van der Waals surface area contributed by atoms with Crippen molar-refractivity contribution >= 4 is 39.1 Å². The smallest absolute Gasteiger partial charge is 0.134 e. The number of nitrogens with two attached hydrogens (primary N) is 1. The first-order valence-electron chi connectivity index (χ1n) is 5.65. The van der Waals surface area contributed by atoms with Crippen molar-refractivity contribution in [1.29, 1.82) is 0 Å². The Bertz CT molecular complexity index is 590. The first-order chi connectivity index (χ1) is 9.10. The van der Waals surface area contributed by atoms with Crippen molar-refractivity contribution in [2.75, 3.05) is 0 Å². The van der Waals surface area contributed by atoms with E-state index in [1.165, 1.54) is 0 Å². The first kappa shape index (κ1) is 14.7. The minimum Gasteiger partial charge on any atom is -0.488 e. The van der Waals surface area contributed by atoms with Gasteiger partial charge in [0.15, 0.2) is 0 Å². The zero-order valence-corrected chi connectivity index (χ0v) is 13.1. The van der Waals surface area contributed by atoms with Gasteiger partial charge in [0.25, 0.3) is 0 Å². The molecule has 0 bridgehead atoms. The lowest BCUT2D eigenvalue weighted by atomic mass is 10.2. The van der Waals surface area contributed by atoms with E-state index >= 15 is 0 Å². The van der Waals surface area contributed by atoms with Gasteiger partial charge in [-0.1, -0.05) is 35.3 Å². The zero-order chi connectivity index (χ0) is 13.8. The van der Waals surface area contributed by atoms with E-state index in [0.29, 0.717) is 23.2 Å². The highest BCUT2D eigenvalue weighted by Gasteiger charge is 2.05. The Morgan fingerprint density at radius 2 is 1.89 bits per heavy atom. The summed E-state index contributed by atoms with van der Waals surface area (Å²) in [5, 5.41) is 1.21. The zero-order valence-electron chi connectivity index (χ0n) is 10.00. The van der Waals surface area contributed by atoms with Gasteiger partial charge in [0.05, 0.1) is 4.47 Å². The Kier molecular flexibility index (Phi) is 5.11. The van der Waals surface area contributed by atoms with Crippen LogP contribution in [0.15, 0.2) is 40.9 Å². The molecule has 0 aliphatic heterocycles. The number of hydrogen-bond acceptors (Lipinski definition) is 2. The fourth-order valence-electron chi connectivity index (χ4n) is 1.58. The van der Waals surface area contributed by atoms with Crippen LogP contribution in [0.1, 0.15) is 11.1 Å². The molecule has 0 aromatic heterocycles. The number of benzene rings is 2. The maximum absolute atomic E-state index is 6.09. The average molecular weight is 361 g/mol. The standard InChI is InChI=1S/C14H12BrCl2NO/c15-12-5-9(7-18)1-4-14(12)19-8-10-2-3-11(16)6-13(10)17/h1-6H,7-8,18H2. The normalized spacial score (nSPS) is 10.5. The van der Waals surface area contributed by atoms with Crippen molar-refractivity contribution in [2.24, 2.45) is 5.73 Å². The summed E-state index contributed by atoms with van der Waals surface area (Å²) in [6.07, 6.45) is 0. The van der Waals surface area contributed by atoms with Crippen LogP contribution in [0.2, 0.25) is 10.0 Å². The molecule has 0 spiro atoms. The van der Waals surface area contributed by atoms with Gasteiger partial charge in [0.1, 0.15) is 12.4 Å². The van der Waals surface area contributed by atoms with Gasteiger partial charge < -0.3 is 10.5 Å². The number of halogens is 3. The lowest BCUT2D eigenvalue weighted by Gasteiger charge is -2.10. The Hall–Kier alpha value is -0.740. The molecular weight excluding hydrogens is 349 g/mol. The summed E-state index contributed by atoms with van der Waals surface area (Å²) in [4.78, 5) is 0. The Morgan fingerprint density at radius 3 is 2.53 bits per heavy atom. The van der Waals surface area contributed by atoms with Gasteiger partial charge in [-0.2, -0.15) is 0 Å². The molecule has 0 amide bonds.